The molecule has 2 fully saturated rings. The number of guanidine groups is 1. The Hall–Kier alpha value is -2.51. The van der Waals surface area contributed by atoms with E-state index in [1.54, 1.807) is 7.05 Å². The third-order valence-corrected chi connectivity index (χ3v) is 5.59. The minimum atomic E-state index is -0.463. The molecule has 1 aromatic heterocycles. The predicted octanol–water partition coefficient (Wildman–Crippen LogP) is 2.74. The average molecular weight is 417 g/mol. The number of piperidine rings is 1. The molecule has 2 aliphatic rings. The number of carbonyl (C=O) groups is 1. The van der Waals surface area contributed by atoms with Crippen molar-refractivity contribution in [1.29, 1.82) is 0 Å². The lowest BCUT2D eigenvalue weighted by Gasteiger charge is -2.40. The summed E-state index contributed by atoms with van der Waals surface area (Å²) >= 11 is 0. The highest BCUT2D eigenvalue weighted by Crippen LogP contribution is 2.36. The number of aliphatic imine (C=N–C) groups is 1. The van der Waals surface area contributed by atoms with Gasteiger partial charge in [0.25, 0.3) is 0 Å². The lowest BCUT2D eigenvalue weighted by atomic mass is 9.98. The van der Waals surface area contributed by atoms with Crippen molar-refractivity contribution in [3.05, 3.63) is 23.9 Å². The summed E-state index contributed by atoms with van der Waals surface area (Å²) in [5.41, 5.74) is 0.499. The Kier molecular flexibility index (Phi) is 6.73. The van der Waals surface area contributed by atoms with E-state index in [4.69, 9.17) is 4.74 Å². The van der Waals surface area contributed by atoms with E-state index < -0.39 is 5.60 Å². The summed E-state index contributed by atoms with van der Waals surface area (Å²) in [6, 6.07) is 6.76. The highest BCUT2D eigenvalue weighted by atomic mass is 16.6. The number of amides is 1. The SMILES string of the molecule is CN=C(NCc1cccc(N(C)C)n1)NC1CC2CCC(C1)N2C(=O)OC(C)(C)C. The number of carbonyl (C=O) groups excluding carboxylic acids is 1. The number of nitrogens with one attached hydrogen (secondary N) is 2. The normalized spacial score (nSPS) is 23.9. The number of hydrogen-bond acceptors (Lipinski definition) is 5. The van der Waals surface area contributed by atoms with Crippen molar-refractivity contribution < 1.29 is 9.53 Å². The van der Waals surface area contributed by atoms with E-state index in [9.17, 15) is 4.79 Å². The van der Waals surface area contributed by atoms with Gasteiger partial charge in [-0.1, -0.05) is 6.07 Å². The van der Waals surface area contributed by atoms with Crippen LogP contribution < -0.4 is 15.5 Å². The number of nitrogens with zero attached hydrogens (tertiary/aromatic N) is 4. The molecule has 0 radical (unpaired) electrons. The summed E-state index contributed by atoms with van der Waals surface area (Å²) in [5, 5.41) is 6.91. The molecular formula is C22H36N6O2. The van der Waals surface area contributed by atoms with Crippen LogP contribution in [-0.4, -0.2) is 66.8 Å². The Bertz CT molecular complexity index is 759. The number of anilines is 1. The molecule has 3 heterocycles. The van der Waals surface area contributed by atoms with Gasteiger partial charge in [-0.15, -0.1) is 0 Å². The van der Waals surface area contributed by atoms with Crippen molar-refractivity contribution >= 4 is 17.9 Å². The maximum Gasteiger partial charge on any atom is 0.410 e. The third-order valence-electron chi connectivity index (χ3n) is 5.59. The molecule has 2 bridgehead atoms. The number of fused-ring (bicyclic) bond motifs is 2. The zero-order valence-corrected chi connectivity index (χ0v) is 19.1. The second-order valence-electron chi connectivity index (χ2n) is 9.39. The standard InChI is InChI=1S/C22H36N6O2/c1-22(2,3)30-21(29)28-17-10-11-18(28)13-16(12-17)26-20(23-4)24-14-15-8-7-9-19(25-15)27(5)6/h7-9,16-18H,10-14H2,1-6H3,(H2,23,24,26). The maximum absolute atomic E-state index is 12.6. The minimum absolute atomic E-state index is 0.178. The summed E-state index contributed by atoms with van der Waals surface area (Å²) in [6.45, 7) is 6.35. The van der Waals surface area contributed by atoms with Crippen LogP contribution in [0, 0.1) is 0 Å². The number of hydrogen-bond donors (Lipinski definition) is 2. The maximum atomic E-state index is 12.6. The Morgan fingerprint density at radius 2 is 1.93 bits per heavy atom. The van der Waals surface area contributed by atoms with E-state index in [1.807, 2.05) is 62.9 Å². The quantitative estimate of drug-likeness (QED) is 0.580. The summed E-state index contributed by atoms with van der Waals surface area (Å²) in [4.78, 5) is 25.6. The van der Waals surface area contributed by atoms with Gasteiger partial charge in [0.2, 0.25) is 0 Å². The number of pyridine rings is 1. The molecule has 0 saturated carbocycles. The Morgan fingerprint density at radius 3 is 2.50 bits per heavy atom. The van der Waals surface area contributed by atoms with Crippen LogP contribution in [0.5, 0.6) is 0 Å². The fourth-order valence-corrected chi connectivity index (χ4v) is 4.28. The monoisotopic (exact) mass is 416 g/mol. The molecule has 8 heteroatoms. The highest BCUT2D eigenvalue weighted by molar-refractivity contribution is 5.80. The average Bonchev–Trinajstić information content (AvgIpc) is 2.95. The molecule has 3 rings (SSSR count). The van der Waals surface area contributed by atoms with Gasteiger partial charge in [-0.05, 0) is 58.6 Å². The largest absolute Gasteiger partial charge is 0.444 e. The van der Waals surface area contributed by atoms with E-state index in [2.05, 4.69) is 20.6 Å². The molecule has 0 aromatic carbocycles. The third kappa shape index (κ3) is 5.55. The van der Waals surface area contributed by atoms with E-state index in [0.717, 1.165) is 43.2 Å². The van der Waals surface area contributed by atoms with Crippen molar-refractivity contribution in [1.82, 2.24) is 20.5 Å². The molecule has 2 aliphatic heterocycles. The fourth-order valence-electron chi connectivity index (χ4n) is 4.28. The van der Waals surface area contributed by atoms with E-state index >= 15 is 0 Å². The van der Waals surface area contributed by atoms with Crippen LogP contribution in [0.4, 0.5) is 10.6 Å². The molecular weight excluding hydrogens is 380 g/mol. The van der Waals surface area contributed by atoms with Crippen molar-refractivity contribution in [2.75, 3.05) is 26.0 Å². The zero-order valence-electron chi connectivity index (χ0n) is 19.1. The van der Waals surface area contributed by atoms with Crippen molar-refractivity contribution in [3.63, 3.8) is 0 Å². The van der Waals surface area contributed by atoms with Crippen LogP contribution in [0.2, 0.25) is 0 Å². The van der Waals surface area contributed by atoms with Gasteiger partial charge in [-0.3, -0.25) is 4.99 Å². The van der Waals surface area contributed by atoms with Crippen LogP contribution in [0.1, 0.15) is 52.1 Å². The van der Waals surface area contributed by atoms with E-state index in [-0.39, 0.29) is 24.2 Å². The van der Waals surface area contributed by atoms with E-state index in [1.165, 1.54) is 0 Å². The number of ether oxygens (including phenoxy) is 1. The predicted molar refractivity (Wildman–Crippen MR) is 120 cm³/mol. The van der Waals surface area contributed by atoms with Gasteiger partial charge >= 0.3 is 6.09 Å². The summed E-state index contributed by atoms with van der Waals surface area (Å²) in [6.07, 6.45) is 3.71. The molecule has 166 valence electrons. The second-order valence-corrected chi connectivity index (χ2v) is 9.39. The lowest BCUT2D eigenvalue weighted by molar-refractivity contribution is 0.00545. The Morgan fingerprint density at radius 1 is 1.27 bits per heavy atom. The molecule has 1 aromatic rings. The van der Waals surface area contributed by atoms with Crippen LogP contribution in [0.3, 0.4) is 0 Å². The van der Waals surface area contributed by atoms with Crippen LogP contribution in [0.15, 0.2) is 23.2 Å². The Balaban J connectivity index is 1.54. The number of aromatic nitrogens is 1. The summed E-state index contributed by atoms with van der Waals surface area (Å²) in [7, 11) is 5.75. The first-order valence-electron chi connectivity index (χ1n) is 10.8. The van der Waals surface area contributed by atoms with Crippen LogP contribution in [0.25, 0.3) is 0 Å². The van der Waals surface area contributed by atoms with Gasteiger partial charge in [0, 0.05) is 39.3 Å². The van der Waals surface area contributed by atoms with Crippen molar-refractivity contribution in [2.45, 2.75) is 76.7 Å². The van der Waals surface area contributed by atoms with Gasteiger partial charge in [0.15, 0.2) is 5.96 Å². The Labute approximate surface area is 180 Å². The molecule has 0 aliphatic carbocycles. The molecule has 2 saturated heterocycles. The van der Waals surface area contributed by atoms with Gasteiger partial charge in [0.05, 0.1) is 12.2 Å². The molecule has 1 amide bonds. The number of rotatable bonds is 4. The second kappa shape index (κ2) is 9.10. The molecule has 8 nitrogen and oxygen atoms in total. The molecule has 2 unspecified atom stereocenters. The lowest BCUT2D eigenvalue weighted by Crippen LogP contribution is -2.54. The molecule has 2 atom stereocenters. The topological polar surface area (TPSA) is 82.1 Å². The van der Waals surface area contributed by atoms with Crippen LogP contribution >= 0.6 is 0 Å². The molecule has 2 N–H and O–H groups in total. The van der Waals surface area contributed by atoms with Crippen molar-refractivity contribution in [3.8, 4) is 0 Å². The molecule has 30 heavy (non-hydrogen) atoms. The van der Waals surface area contributed by atoms with E-state index in [0.29, 0.717) is 6.54 Å². The fraction of sp³-hybridized carbons (Fsp3) is 0.682. The van der Waals surface area contributed by atoms with Crippen LogP contribution in [-0.2, 0) is 11.3 Å². The van der Waals surface area contributed by atoms with Gasteiger partial charge in [-0.2, -0.15) is 0 Å². The minimum Gasteiger partial charge on any atom is -0.444 e. The molecule has 0 spiro atoms. The first-order chi connectivity index (χ1) is 14.2. The summed E-state index contributed by atoms with van der Waals surface area (Å²) < 4.78 is 5.63. The first kappa shape index (κ1) is 22.2. The van der Waals surface area contributed by atoms with Gasteiger partial charge in [0.1, 0.15) is 11.4 Å². The first-order valence-corrected chi connectivity index (χ1v) is 10.8. The highest BCUT2D eigenvalue weighted by Gasteiger charge is 2.45. The zero-order chi connectivity index (χ0) is 21.9. The van der Waals surface area contributed by atoms with Gasteiger partial charge < -0.3 is 25.2 Å². The van der Waals surface area contributed by atoms with Crippen molar-refractivity contribution in [2.24, 2.45) is 4.99 Å². The smallest absolute Gasteiger partial charge is 0.410 e. The summed E-state index contributed by atoms with van der Waals surface area (Å²) in [5.74, 6) is 1.70. The van der Waals surface area contributed by atoms with Gasteiger partial charge in [-0.25, -0.2) is 9.78 Å².